The Kier molecular flexibility index (Phi) is 11.9. The smallest absolute Gasteiger partial charge is 0.307 e. The molecule has 0 aliphatic carbocycles. The van der Waals surface area contributed by atoms with E-state index in [2.05, 4.69) is 78.9 Å². The first-order valence-corrected chi connectivity index (χ1v) is 12.9. The fourth-order valence-electron chi connectivity index (χ4n) is 4.07. The molecule has 1 aromatic carbocycles. The average Bonchev–Trinajstić information content (AvgIpc) is 3.21. The molecule has 2 rings (SSSR count). The number of carbonyl (C=O) groups excluding carboxylic acids is 1. The zero-order chi connectivity index (χ0) is 24.1. The van der Waals surface area contributed by atoms with E-state index in [9.17, 15) is 4.79 Å². The molecule has 184 valence electrons. The minimum atomic E-state index is -0.344. The summed E-state index contributed by atoms with van der Waals surface area (Å²) in [5, 5.41) is 18.1. The van der Waals surface area contributed by atoms with Gasteiger partial charge in [-0.3, -0.25) is 5.32 Å². The van der Waals surface area contributed by atoms with E-state index >= 15 is 0 Å². The number of nitrogens with zero attached hydrogens (tertiary/aromatic N) is 4. The molecular formula is C26H44N6O. The molecule has 0 aliphatic heterocycles. The van der Waals surface area contributed by atoms with Crippen LogP contribution in [0.5, 0.6) is 0 Å². The summed E-state index contributed by atoms with van der Waals surface area (Å²) < 4.78 is 0. The van der Waals surface area contributed by atoms with Crippen molar-refractivity contribution >= 4 is 17.7 Å². The van der Waals surface area contributed by atoms with Crippen LogP contribution in [0.3, 0.4) is 0 Å². The van der Waals surface area contributed by atoms with Crippen LogP contribution in [-0.2, 0) is 6.54 Å². The largest absolute Gasteiger partial charge is 0.326 e. The summed E-state index contributed by atoms with van der Waals surface area (Å²) in [5.74, 6) is 0.839. The average molecular weight is 457 g/mol. The van der Waals surface area contributed by atoms with Gasteiger partial charge in [0, 0.05) is 5.69 Å². The molecule has 0 bridgehead atoms. The van der Waals surface area contributed by atoms with E-state index < -0.39 is 0 Å². The highest BCUT2D eigenvalue weighted by atomic mass is 16.2. The van der Waals surface area contributed by atoms with E-state index in [-0.39, 0.29) is 12.0 Å². The van der Waals surface area contributed by atoms with Gasteiger partial charge in [0.25, 0.3) is 5.95 Å². The Bertz CT molecular complexity index is 804. The third-order valence-electron chi connectivity index (χ3n) is 6.00. The number of urea groups is 1. The molecule has 0 saturated carbocycles. The molecule has 7 nitrogen and oxygen atoms in total. The van der Waals surface area contributed by atoms with E-state index in [4.69, 9.17) is 0 Å². The lowest BCUT2D eigenvalue weighted by Gasteiger charge is -2.20. The summed E-state index contributed by atoms with van der Waals surface area (Å²) in [6.45, 7) is 11.5. The number of nitrogens with one attached hydrogen (secondary N) is 2. The highest BCUT2D eigenvalue weighted by Crippen LogP contribution is 2.32. The quantitative estimate of drug-likeness (QED) is 0.272. The molecule has 7 heteroatoms. The molecular weight excluding hydrogens is 412 g/mol. The molecule has 2 amide bonds. The van der Waals surface area contributed by atoms with E-state index in [1.54, 1.807) is 4.80 Å². The monoisotopic (exact) mass is 456 g/mol. The van der Waals surface area contributed by atoms with Crippen LogP contribution in [0.1, 0.15) is 122 Å². The van der Waals surface area contributed by atoms with Crippen LogP contribution < -0.4 is 10.6 Å². The first kappa shape index (κ1) is 26.8. The number of unbranched alkanes of at least 4 members (excludes halogenated alkanes) is 9. The van der Waals surface area contributed by atoms with Crippen LogP contribution in [0.15, 0.2) is 18.2 Å². The van der Waals surface area contributed by atoms with Gasteiger partial charge >= 0.3 is 6.03 Å². The van der Waals surface area contributed by atoms with Crippen molar-refractivity contribution in [3.05, 3.63) is 29.3 Å². The van der Waals surface area contributed by atoms with Gasteiger partial charge in [-0.2, -0.15) is 4.80 Å². The number of anilines is 2. The topological polar surface area (TPSA) is 84.7 Å². The first-order valence-electron chi connectivity index (χ1n) is 12.9. The van der Waals surface area contributed by atoms with Crippen LogP contribution in [0.25, 0.3) is 0 Å². The molecule has 0 atom stereocenters. The normalized spacial score (nSPS) is 11.4. The van der Waals surface area contributed by atoms with E-state index in [1.165, 1.54) is 57.8 Å². The fraction of sp³-hybridized carbons (Fsp3) is 0.692. The lowest BCUT2D eigenvalue weighted by molar-refractivity contribution is 0.262. The number of hydrogen-bond donors (Lipinski definition) is 2. The maximum Gasteiger partial charge on any atom is 0.326 e. The zero-order valence-corrected chi connectivity index (χ0v) is 21.4. The number of aryl methyl sites for hydroxylation is 1. The Morgan fingerprint density at radius 1 is 0.848 bits per heavy atom. The van der Waals surface area contributed by atoms with Gasteiger partial charge in [-0.05, 0) is 34.6 Å². The molecule has 1 aromatic heterocycles. The molecule has 2 N–H and O–H groups in total. The van der Waals surface area contributed by atoms with Gasteiger partial charge in [0.2, 0.25) is 0 Å². The first-order chi connectivity index (χ1) is 15.9. The summed E-state index contributed by atoms with van der Waals surface area (Å²) in [6.07, 6.45) is 12.9. The Morgan fingerprint density at radius 2 is 1.39 bits per heavy atom. The third kappa shape index (κ3) is 9.52. The molecule has 1 heterocycles. The van der Waals surface area contributed by atoms with Crippen LogP contribution in [-0.4, -0.2) is 26.2 Å². The number of aromatic nitrogens is 4. The maximum absolute atomic E-state index is 12.6. The highest BCUT2D eigenvalue weighted by Gasteiger charge is 2.17. The van der Waals surface area contributed by atoms with E-state index in [0.29, 0.717) is 11.8 Å². The number of carbonyl (C=O) groups is 1. The molecule has 0 radical (unpaired) electrons. The molecule has 0 unspecified atom stereocenters. The molecule has 0 saturated heterocycles. The van der Waals surface area contributed by atoms with Crippen molar-refractivity contribution < 1.29 is 4.79 Å². The standard InChI is InChI=1S/C26H44N6O/c1-6-7-8-9-10-11-12-13-14-15-19-32-30-25(29-31-32)28-26(33)27-24-22(20(2)3)17-16-18-23(24)21(4)5/h16-18,20-21H,6-15,19H2,1-5H3,(H2,27,28,30,33). The Balaban J connectivity index is 1.75. The molecule has 2 aromatic rings. The molecule has 0 aliphatic rings. The summed E-state index contributed by atoms with van der Waals surface area (Å²) >= 11 is 0. The SMILES string of the molecule is CCCCCCCCCCCCn1nnc(NC(=O)Nc2c(C(C)C)cccc2C(C)C)n1. The molecule has 0 spiro atoms. The van der Waals surface area contributed by atoms with Crippen LogP contribution >= 0.6 is 0 Å². The molecule has 0 fully saturated rings. The van der Waals surface area contributed by atoms with Gasteiger partial charge in [0.15, 0.2) is 0 Å². The van der Waals surface area contributed by atoms with Gasteiger partial charge in [0.1, 0.15) is 0 Å². The van der Waals surface area contributed by atoms with Gasteiger partial charge in [-0.15, -0.1) is 5.10 Å². The van der Waals surface area contributed by atoms with Crippen LogP contribution in [0.4, 0.5) is 16.4 Å². The second kappa shape index (κ2) is 14.7. The number of amides is 2. The van der Waals surface area contributed by atoms with Crippen molar-refractivity contribution in [3.63, 3.8) is 0 Å². The number of para-hydroxylation sites is 1. The Hall–Kier alpha value is -2.44. The predicted molar refractivity (Wildman–Crippen MR) is 137 cm³/mol. The fourth-order valence-corrected chi connectivity index (χ4v) is 4.07. The van der Waals surface area contributed by atoms with Gasteiger partial charge in [-0.1, -0.05) is 116 Å². The Morgan fingerprint density at radius 3 is 1.94 bits per heavy atom. The van der Waals surface area contributed by atoms with Crippen molar-refractivity contribution in [2.24, 2.45) is 0 Å². The van der Waals surface area contributed by atoms with Crippen molar-refractivity contribution in [3.8, 4) is 0 Å². The van der Waals surface area contributed by atoms with E-state index in [1.807, 2.05) is 0 Å². The van der Waals surface area contributed by atoms with Crippen molar-refractivity contribution in [1.82, 2.24) is 20.2 Å². The number of hydrogen-bond acceptors (Lipinski definition) is 4. The van der Waals surface area contributed by atoms with Gasteiger partial charge in [0.05, 0.1) is 6.54 Å². The summed E-state index contributed by atoms with van der Waals surface area (Å²) in [7, 11) is 0. The summed E-state index contributed by atoms with van der Waals surface area (Å²) in [6, 6.07) is 5.83. The lowest BCUT2D eigenvalue weighted by Crippen LogP contribution is -2.22. The van der Waals surface area contributed by atoms with Crippen LogP contribution in [0.2, 0.25) is 0 Å². The predicted octanol–water partition coefficient (Wildman–Crippen LogP) is 7.48. The van der Waals surface area contributed by atoms with Crippen molar-refractivity contribution in [1.29, 1.82) is 0 Å². The van der Waals surface area contributed by atoms with E-state index in [0.717, 1.165) is 29.8 Å². The minimum Gasteiger partial charge on any atom is -0.307 e. The lowest BCUT2D eigenvalue weighted by atomic mass is 9.93. The highest BCUT2D eigenvalue weighted by molar-refractivity contribution is 5.99. The number of rotatable bonds is 15. The van der Waals surface area contributed by atoms with Crippen LogP contribution in [0, 0.1) is 0 Å². The second-order valence-electron chi connectivity index (χ2n) is 9.59. The van der Waals surface area contributed by atoms with Gasteiger partial charge in [-0.25, -0.2) is 4.79 Å². The van der Waals surface area contributed by atoms with Crippen molar-refractivity contribution in [2.75, 3.05) is 10.6 Å². The Labute approximate surface area is 200 Å². The summed E-state index contributed by atoms with van der Waals surface area (Å²) in [4.78, 5) is 14.2. The van der Waals surface area contributed by atoms with Gasteiger partial charge < -0.3 is 5.32 Å². The number of benzene rings is 1. The zero-order valence-electron chi connectivity index (χ0n) is 21.4. The second-order valence-corrected chi connectivity index (χ2v) is 9.59. The third-order valence-corrected chi connectivity index (χ3v) is 6.00. The maximum atomic E-state index is 12.6. The minimum absolute atomic E-state index is 0.229. The number of tetrazole rings is 1. The van der Waals surface area contributed by atoms with Crippen molar-refractivity contribution in [2.45, 2.75) is 117 Å². The molecule has 33 heavy (non-hydrogen) atoms. The summed E-state index contributed by atoms with van der Waals surface area (Å²) in [5.41, 5.74) is 3.11.